The Morgan fingerprint density at radius 2 is 1.62 bits per heavy atom. The fourth-order valence-corrected chi connectivity index (χ4v) is 5.65. The van der Waals surface area contributed by atoms with Gasteiger partial charge in [0.2, 0.25) is 17.6 Å². The summed E-state index contributed by atoms with van der Waals surface area (Å²) in [7, 11) is 0. The number of hydrogen-bond donors (Lipinski definition) is 2. The summed E-state index contributed by atoms with van der Waals surface area (Å²) in [5, 5.41) is 9.00. The summed E-state index contributed by atoms with van der Waals surface area (Å²) in [6, 6.07) is 3.74. The van der Waals surface area contributed by atoms with Crippen LogP contribution in [0.2, 0.25) is 0 Å². The lowest BCUT2D eigenvalue weighted by molar-refractivity contribution is -0.162. The molecule has 15 nitrogen and oxygen atoms in total. The predicted molar refractivity (Wildman–Crippen MR) is 157 cm³/mol. The number of imide groups is 3. The van der Waals surface area contributed by atoms with Crippen molar-refractivity contribution >= 4 is 52.4 Å². The molecular formula is C30H38N6O9. The van der Waals surface area contributed by atoms with Gasteiger partial charge in [-0.05, 0) is 43.4 Å². The number of nitrogens with two attached hydrogens (primary N) is 1. The van der Waals surface area contributed by atoms with Crippen molar-refractivity contribution in [2.45, 2.75) is 58.7 Å². The maximum atomic E-state index is 14.1. The smallest absolute Gasteiger partial charge is 0.323 e. The fourth-order valence-electron chi connectivity index (χ4n) is 5.65. The van der Waals surface area contributed by atoms with Crippen LogP contribution in [0.25, 0.3) is 11.1 Å². The molecule has 2 saturated heterocycles. The van der Waals surface area contributed by atoms with E-state index in [2.05, 4.69) is 4.98 Å². The third-order valence-corrected chi connectivity index (χ3v) is 8.04. The van der Waals surface area contributed by atoms with Crippen molar-refractivity contribution in [3.8, 4) is 0 Å². The number of rotatable bonds is 11. The van der Waals surface area contributed by atoms with Crippen LogP contribution in [0.15, 0.2) is 28.7 Å². The highest BCUT2D eigenvalue weighted by molar-refractivity contribution is 6.15. The molecule has 2 aliphatic rings. The first kappa shape index (κ1) is 33.4. The average molecular weight is 627 g/mol. The van der Waals surface area contributed by atoms with Crippen molar-refractivity contribution in [1.82, 2.24) is 24.6 Å². The Bertz CT molecular complexity index is 1490. The first-order valence-corrected chi connectivity index (χ1v) is 14.8. The molecule has 0 spiro atoms. The number of benzene rings is 1. The second-order valence-electron chi connectivity index (χ2n) is 12.0. The number of carbonyl (C=O) groups is 7. The Balaban J connectivity index is 1.61. The highest BCUT2D eigenvalue weighted by Gasteiger charge is 2.46. The van der Waals surface area contributed by atoms with Gasteiger partial charge in [0.25, 0.3) is 23.6 Å². The van der Waals surface area contributed by atoms with Crippen LogP contribution in [0.1, 0.15) is 51.2 Å². The zero-order valence-corrected chi connectivity index (χ0v) is 25.7. The van der Waals surface area contributed by atoms with Gasteiger partial charge in [0.15, 0.2) is 5.58 Å². The number of aliphatic carboxylic acids is 1. The number of hydrogen-bond acceptors (Lipinski definition) is 11. The summed E-state index contributed by atoms with van der Waals surface area (Å²) in [6.07, 6.45) is 0.730. The maximum Gasteiger partial charge on any atom is 0.323 e. The molecule has 0 bridgehead atoms. The van der Waals surface area contributed by atoms with Crippen LogP contribution in [-0.4, -0.2) is 122 Å². The maximum absolute atomic E-state index is 14.1. The van der Waals surface area contributed by atoms with Crippen molar-refractivity contribution in [1.29, 1.82) is 0 Å². The number of ketones is 1. The molecule has 3 heterocycles. The molecule has 1 aromatic carbocycles. The summed E-state index contributed by atoms with van der Waals surface area (Å²) in [5.74, 6) is -6.99. The minimum Gasteiger partial charge on any atom is -0.480 e. The summed E-state index contributed by atoms with van der Waals surface area (Å²) in [6.45, 7) is 4.58. The van der Waals surface area contributed by atoms with Crippen molar-refractivity contribution < 1.29 is 43.1 Å². The molecule has 2 fully saturated rings. The van der Waals surface area contributed by atoms with Gasteiger partial charge in [0.1, 0.15) is 31.7 Å². The number of fused-ring (bicyclic) bond motifs is 1. The third kappa shape index (κ3) is 7.09. The van der Waals surface area contributed by atoms with Gasteiger partial charge >= 0.3 is 5.97 Å². The van der Waals surface area contributed by atoms with Gasteiger partial charge in [-0.3, -0.25) is 38.5 Å². The molecule has 0 saturated carbocycles. The topological polar surface area (TPSA) is 205 Å². The monoisotopic (exact) mass is 626 g/mol. The minimum absolute atomic E-state index is 0.121. The number of Topliss-reactive ketones (excluding diaryl/α,β-unsaturated/α-hetero) is 1. The van der Waals surface area contributed by atoms with Gasteiger partial charge in [-0.15, -0.1) is 0 Å². The molecule has 0 unspecified atom stereocenters. The molecule has 2 aliphatic heterocycles. The van der Waals surface area contributed by atoms with Gasteiger partial charge in [0, 0.05) is 0 Å². The number of oxazole rings is 1. The summed E-state index contributed by atoms with van der Waals surface area (Å²) >= 11 is 0. The Labute approximate surface area is 259 Å². The van der Waals surface area contributed by atoms with E-state index in [4.69, 9.17) is 15.3 Å². The molecule has 0 radical (unpaired) electrons. The lowest BCUT2D eigenvalue weighted by atomic mass is 9.96. The van der Waals surface area contributed by atoms with E-state index in [1.807, 2.05) is 0 Å². The van der Waals surface area contributed by atoms with Crippen molar-refractivity contribution in [2.75, 3.05) is 32.7 Å². The van der Waals surface area contributed by atoms with Crippen LogP contribution in [0.5, 0.6) is 0 Å². The summed E-state index contributed by atoms with van der Waals surface area (Å²) < 4.78 is 5.72. The molecule has 3 atom stereocenters. The van der Waals surface area contributed by atoms with Gasteiger partial charge in [0.05, 0.1) is 18.1 Å². The van der Waals surface area contributed by atoms with Gasteiger partial charge < -0.3 is 25.1 Å². The van der Waals surface area contributed by atoms with E-state index in [0.717, 1.165) is 9.80 Å². The van der Waals surface area contributed by atoms with E-state index < -0.39 is 91.5 Å². The number of carbonyl (C=O) groups excluding carboxylic acids is 6. The number of para-hydroxylation sites is 2. The first-order valence-electron chi connectivity index (χ1n) is 14.8. The number of piperazine rings is 1. The molecule has 4 rings (SSSR count). The van der Waals surface area contributed by atoms with Crippen LogP contribution in [0.3, 0.4) is 0 Å². The first-order chi connectivity index (χ1) is 21.2. The van der Waals surface area contributed by atoms with Crippen molar-refractivity contribution in [3.05, 3.63) is 30.2 Å². The van der Waals surface area contributed by atoms with Gasteiger partial charge in [-0.2, -0.15) is 0 Å². The predicted octanol–water partition coefficient (Wildman–Crippen LogP) is 0.120. The number of aromatic nitrogens is 1. The van der Waals surface area contributed by atoms with E-state index in [1.165, 1.54) is 0 Å². The van der Waals surface area contributed by atoms with Gasteiger partial charge in [-0.25, -0.2) is 9.88 Å². The molecule has 3 N–H and O–H groups in total. The molecular weight excluding hydrogens is 588 g/mol. The van der Waals surface area contributed by atoms with Crippen LogP contribution in [-0.2, 0) is 28.8 Å². The second-order valence-corrected chi connectivity index (χ2v) is 12.0. The number of carboxylic acid groups (broad SMARTS) is 1. The van der Waals surface area contributed by atoms with Crippen LogP contribution in [0.4, 0.5) is 0 Å². The van der Waals surface area contributed by atoms with E-state index in [1.54, 1.807) is 56.9 Å². The Morgan fingerprint density at radius 3 is 2.20 bits per heavy atom. The van der Waals surface area contributed by atoms with E-state index in [-0.39, 0.29) is 18.2 Å². The van der Waals surface area contributed by atoms with Crippen molar-refractivity contribution in [3.63, 3.8) is 0 Å². The molecule has 15 heteroatoms. The Morgan fingerprint density at radius 1 is 1.00 bits per heavy atom. The highest BCUT2D eigenvalue weighted by Crippen LogP contribution is 2.29. The third-order valence-electron chi connectivity index (χ3n) is 8.04. The molecule has 45 heavy (non-hydrogen) atoms. The second kappa shape index (κ2) is 13.6. The lowest BCUT2D eigenvalue weighted by Gasteiger charge is -2.36. The largest absolute Gasteiger partial charge is 0.480 e. The Kier molecular flexibility index (Phi) is 10.1. The number of carboxylic acids is 1. The zero-order valence-electron chi connectivity index (χ0n) is 25.7. The SMILES string of the molecule is CC(C)[C@H](N)C(=O)N(C(=O)CN1CC(=O)N(CC(=O)O)CC1=O)C(=O)[C@@H]1CCCN1[C@H](C(=O)c1nc2ccccc2o1)C(C)C. The molecule has 1 aromatic heterocycles. The zero-order chi connectivity index (χ0) is 33.2. The van der Waals surface area contributed by atoms with Crippen LogP contribution >= 0.6 is 0 Å². The summed E-state index contributed by atoms with van der Waals surface area (Å²) in [4.78, 5) is 99.5. The molecule has 5 amide bonds. The molecule has 2 aromatic rings. The quantitative estimate of drug-likeness (QED) is 0.319. The lowest BCUT2D eigenvalue weighted by Crippen LogP contribution is -2.61. The van der Waals surface area contributed by atoms with E-state index in [9.17, 15) is 33.6 Å². The van der Waals surface area contributed by atoms with Gasteiger partial charge in [-0.1, -0.05) is 39.8 Å². The van der Waals surface area contributed by atoms with E-state index in [0.29, 0.717) is 29.0 Å². The molecule has 0 aliphatic carbocycles. The standard InChI is InChI=1S/C30H38N6O9/c1-16(2)25(31)30(44)36(23(39)14-33-12-22(38)34(13-21(33)37)15-24(40)41)29(43)19-9-7-11-35(19)26(17(3)4)27(42)28-32-18-8-5-6-10-20(18)45-28/h5-6,8,10,16-17,19,25-26H,7,9,11-15,31H2,1-4H3,(H,40,41)/t19-,25-,26-/m0/s1. The van der Waals surface area contributed by atoms with Crippen molar-refractivity contribution in [2.24, 2.45) is 17.6 Å². The van der Waals surface area contributed by atoms with E-state index >= 15 is 0 Å². The number of amides is 5. The number of likely N-dealkylation sites (tertiary alicyclic amines) is 1. The summed E-state index contributed by atoms with van der Waals surface area (Å²) in [5.41, 5.74) is 7.03. The number of nitrogens with zero attached hydrogens (tertiary/aromatic N) is 5. The fraction of sp³-hybridized carbons (Fsp3) is 0.533. The molecule has 242 valence electrons. The highest BCUT2D eigenvalue weighted by atomic mass is 16.4. The Hall–Kier alpha value is -4.50. The van der Waals surface area contributed by atoms with Crippen LogP contribution in [0, 0.1) is 11.8 Å². The average Bonchev–Trinajstić information content (AvgIpc) is 3.62. The van der Waals surface area contributed by atoms with Crippen LogP contribution < -0.4 is 5.73 Å². The normalized spacial score (nSPS) is 19.0. The minimum atomic E-state index is -1.30.